The van der Waals surface area contributed by atoms with Crippen molar-refractivity contribution in [2.45, 2.75) is 19.9 Å². The first-order valence-electron chi connectivity index (χ1n) is 10.9. The van der Waals surface area contributed by atoms with Gasteiger partial charge in [0.05, 0.1) is 6.54 Å². The summed E-state index contributed by atoms with van der Waals surface area (Å²) < 4.78 is 39.4. The summed E-state index contributed by atoms with van der Waals surface area (Å²) in [4.78, 5) is 41.7. The summed E-state index contributed by atoms with van der Waals surface area (Å²) in [5.74, 6) is -3.44. The highest BCUT2D eigenvalue weighted by atomic mass is 35.5. The zero-order chi connectivity index (χ0) is 25.5. The zero-order valence-corrected chi connectivity index (χ0v) is 19.7. The number of hydrogen-bond donors (Lipinski definition) is 2. The molecule has 35 heavy (non-hydrogen) atoms. The van der Waals surface area contributed by atoms with Gasteiger partial charge in [-0.2, -0.15) is 8.78 Å². The van der Waals surface area contributed by atoms with Crippen LogP contribution in [-0.2, 0) is 11.3 Å². The molecule has 0 unspecified atom stereocenters. The minimum atomic E-state index is -3.31. The van der Waals surface area contributed by atoms with E-state index in [1.165, 1.54) is 17.0 Å². The fourth-order valence-corrected chi connectivity index (χ4v) is 3.76. The molecule has 0 spiro atoms. The van der Waals surface area contributed by atoms with Gasteiger partial charge in [0.2, 0.25) is 0 Å². The van der Waals surface area contributed by atoms with E-state index in [-0.39, 0.29) is 23.7 Å². The number of halogens is 4. The second-order valence-electron chi connectivity index (χ2n) is 7.82. The molecule has 0 radical (unpaired) electrons. The van der Waals surface area contributed by atoms with Gasteiger partial charge in [-0.3, -0.25) is 25.3 Å². The molecule has 8 nitrogen and oxygen atoms in total. The maximum absolute atomic E-state index is 14.9. The first-order valence-corrected chi connectivity index (χ1v) is 11.3. The number of piperazine rings is 1. The molecule has 0 atom stereocenters. The predicted octanol–water partition coefficient (Wildman–Crippen LogP) is 3.27. The van der Waals surface area contributed by atoms with Crippen molar-refractivity contribution in [3.05, 3.63) is 64.4 Å². The van der Waals surface area contributed by atoms with E-state index >= 15 is 0 Å². The van der Waals surface area contributed by atoms with Crippen molar-refractivity contribution in [2.24, 2.45) is 0 Å². The lowest BCUT2D eigenvalue weighted by Gasteiger charge is -2.37. The molecule has 3 rings (SSSR count). The summed E-state index contributed by atoms with van der Waals surface area (Å²) in [6.07, 6.45) is -3.31. The average Bonchev–Trinajstić information content (AvgIpc) is 2.85. The Kier molecular flexibility index (Phi) is 8.94. The lowest BCUT2D eigenvalue weighted by atomic mass is 10.1. The van der Waals surface area contributed by atoms with Crippen LogP contribution in [0.1, 0.15) is 22.8 Å². The normalized spacial score (nSPS) is 14.1. The third kappa shape index (κ3) is 6.86. The molecule has 2 aromatic carbocycles. The lowest BCUT2D eigenvalue weighted by molar-refractivity contribution is -0.132. The van der Waals surface area contributed by atoms with Crippen molar-refractivity contribution in [3.63, 3.8) is 0 Å². The molecular formula is C23H25ClF3N5O3. The first kappa shape index (κ1) is 26.3. The third-order valence-corrected chi connectivity index (χ3v) is 5.82. The van der Waals surface area contributed by atoms with Crippen LogP contribution in [0.2, 0.25) is 5.02 Å². The second-order valence-corrected chi connectivity index (χ2v) is 8.26. The standard InChI is InChI=1S/C23H25ClF3N5O3/c1-2-30-8-10-31(11-9-30)23(35)32(18-5-3-4-17(24)13-18)14-16-7-6-15(12-19(16)25)21(33)28-29-22(34)20(26)27/h3-7,12-13,20H,2,8-11,14H2,1H3,(H,28,33)(H,29,34). The molecule has 1 aliphatic rings. The number of likely N-dealkylation sites (N-methyl/N-ethyl adjacent to an activating group) is 1. The summed E-state index contributed by atoms with van der Waals surface area (Å²) in [5, 5.41) is 0.412. The summed E-state index contributed by atoms with van der Waals surface area (Å²) in [6, 6.07) is 9.82. The molecule has 12 heteroatoms. The van der Waals surface area contributed by atoms with E-state index in [1.54, 1.807) is 40.0 Å². The van der Waals surface area contributed by atoms with E-state index < -0.39 is 24.1 Å². The van der Waals surface area contributed by atoms with E-state index in [0.717, 1.165) is 25.7 Å². The molecular weight excluding hydrogens is 487 g/mol. The molecule has 0 aromatic heterocycles. The molecule has 0 aliphatic carbocycles. The third-order valence-electron chi connectivity index (χ3n) is 5.58. The van der Waals surface area contributed by atoms with Crippen LogP contribution in [0.15, 0.2) is 42.5 Å². The first-order chi connectivity index (χ1) is 16.7. The monoisotopic (exact) mass is 511 g/mol. The molecule has 1 aliphatic heterocycles. The van der Waals surface area contributed by atoms with Crippen molar-refractivity contribution < 1.29 is 27.6 Å². The van der Waals surface area contributed by atoms with Crippen LogP contribution in [0.5, 0.6) is 0 Å². The van der Waals surface area contributed by atoms with E-state index in [9.17, 15) is 27.6 Å². The van der Waals surface area contributed by atoms with Crippen LogP contribution in [0, 0.1) is 5.82 Å². The summed E-state index contributed by atoms with van der Waals surface area (Å²) >= 11 is 6.13. The molecule has 1 fully saturated rings. The van der Waals surface area contributed by atoms with E-state index in [4.69, 9.17) is 11.6 Å². The topological polar surface area (TPSA) is 85.0 Å². The van der Waals surface area contributed by atoms with Gasteiger partial charge >= 0.3 is 18.4 Å². The number of nitrogens with zero attached hydrogens (tertiary/aromatic N) is 3. The summed E-state index contributed by atoms with van der Waals surface area (Å²) in [5.41, 5.74) is 3.75. The number of rotatable bonds is 6. The van der Waals surface area contributed by atoms with Gasteiger partial charge in [-0.15, -0.1) is 0 Å². The molecule has 1 heterocycles. The van der Waals surface area contributed by atoms with Gasteiger partial charge in [0.15, 0.2) is 0 Å². The molecule has 188 valence electrons. The van der Waals surface area contributed by atoms with E-state index in [0.29, 0.717) is 23.8 Å². The number of carbonyl (C=O) groups is 3. The molecule has 1 saturated heterocycles. The Morgan fingerprint density at radius 2 is 1.77 bits per heavy atom. The van der Waals surface area contributed by atoms with Gasteiger partial charge in [0.25, 0.3) is 5.91 Å². The van der Waals surface area contributed by atoms with Crippen LogP contribution < -0.4 is 15.8 Å². The number of urea groups is 1. The number of benzene rings is 2. The van der Waals surface area contributed by atoms with Crippen LogP contribution in [0.4, 0.5) is 23.7 Å². The molecule has 0 saturated carbocycles. The molecule has 4 amide bonds. The quantitative estimate of drug-likeness (QED) is 0.583. The van der Waals surface area contributed by atoms with E-state index in [1.807, 2.05) is 0 Å². The number of nitrogens with one attached hydrogen (secondary N) is 2. The van der Waals surface area contributed by atoms with Crippen molar-refractivity contribution >= 4 is 35.1 Å². The van der Waals surface area contributed by atoms with Crippen molar-refractivity contribution in [2.75, 3.05) is 37.6 Å². The molecule has 0 bridgehead atoms. The Morgan fingerprint density at radius 1 is 1.06 bits per heavy atom. The van der Waals surface area contributed by atoms with Gasteiger partial charge < -0.3 is 9.80 Å². The Hall–Kier alpha value is -3.31. The second kappa shape index (κ2) is 11.9. The largest absolute Gasteiger partial charge is 0.324 e. The van der Waals surface area contributed by atoms with Gasteiger partial charge in [0, 0.05) is 48.0 Å². The van der Waals surface area contributed by atoms with Crippen molar-refractivity contribution in [1.29, 1.82) is 0 Å². The van der Waals surface area contributed by atoms with E-state index in [2.05, 4.69) is 11.8 Å². The maximum atomic E-state index is 14.9. The molecule has 2 aromatic rings. The number of hydrazine groups is 1. The highest BCUT2D eigenvalue weighted by molar-refractivity contribution is 6.30. The average molecular weight is 512 g/mol. The van der Waals surface area contributed by atoms with Gasteiger partial charge in [0.1, 0.15) is 5.82 Å². The number of alkyl halides is 2. The lowest BCUT2D eigenvalue weighted by Crippen LogP contribution is -2.52. The van der Waals surface area contributed by atoms with Crippen LogP contribution >= 0.6 is 11.6 Å². The predicted molar refractivity (Wildman–Crippen MR) is 125 cm³/mol. The number of anilines is 1. The van der Waals surface area contributed by atoms with Crippen LogP contribution in [-0.4, -0.2) is 66.8 Å². The van der Waals surface area contributed by atoms with Crippen LogP contribution in [0.3, 0.4) is 0 Å². The van der Waals surface area contributed by atoms with Crippen LogP contribution in [0.25, 0.3) is 0 Å². The Labute approximate surface area is 205 Å². The highest BCUT2D eigenvalue weighted by Gasteiger charge is 2.27. The number of carbonyl (C=O) groups excluding carboxylic acids is 3. The number of amides is 4. The highest BCUT2D eigenvalue weighted by Crippen LogP contribution is 2.24. The Morgan fingerprint density at radius 3 is 2.37 bits per heavy atom. The van der Waals surface area contributed by atoms with Gasteiger partial charge in [-0.05, 0) is 36.9 Å². The Balaban J connectivity index is 1.79. The smallest absolute Gasteiger partial charge is 0.322 e. The summed E-state index contributed by atoms with van der Waals surface area (Å²) in [6.45, 7) is 5.30. The van der Waals surface area contributed by atoms with Crippen molar-refractivity contribution in [3.8, 4) is 0 Å². The maximum Gasteiger partial charge on any atom is 0.324 e. The summed E-state index contributed by atoms with van der Waals surface area (Å²) in [7, 11) is 0. The van der Waals surface area contributed by atoms with Crippen molar-refractivity contribution in [1.82, 2.24) is 20.7 Å². The molecule has 2 N–H and O–H groups in total. The Bertz CT molecular complexity index is 1080. The minimum Gasteiger partial charge on any atom is -0.322 e. The van der Waals surface area contributed by atoms with Gasteiger partial charge in [-0.25, -0.2) is 9.18 Å². The van der Waals surface area contributed by atoms with Gasteiger partial charge in [-0.1, -0.05) is 30.7 Å². The zero-order valence-electron chi connectivity index (χ0n) is 18.9. The fourth-order valence-electron chi connectivity index (χ4n) is 3.57. The SMILES string of the molecule is CCN1CCN(C(=O)N(Cc2ccc(C(=O)NNC(=O)C(F)F)cc2F)c2cccc(Cl)c2)CC1. The number of hydrogen-bond acceptors (Lipinski definition) is 4. The minimum absolute atomic E-state index is 0.124. The fraction of sp³-hybridized carbons (Fsp3) is 0.348.